The van der Waals surface area contributed by atoms with E-state index in [-0.39, 0.29) is 22.4 Å². The molecule has 5 heteroatoms. The molecule has 0 unspecified atom stereocenters. The van der Waals surface area contributed by atoms with Crippen molar-refractivity contribution in [2.75, 3.05) is 13.1 Å². The third-order valence-corrected chi connectivity index (χ3v) is 5.18. The fourth-order valence-corrected chi connectivity index (χ4v) is 3.42. The van der Waals surface area contributed by atoms with Gasteiger partial charge < -0.3 is 4.90 Å². The van der Waals surface area contributed by atoms with Crippen LogP contribution < -0.4 is 5.56 Å². The molecule has 2 heterocycles. The largest absolute Gasteiger partial charge is 0.338 e. The Balaban J connectivity index is 2.27. The smallest absolute Gasteiger partial charge is 0.279 e. The summed E-state index contributed by atoms with van der Waals surface area (Å²) in [5.74, 6) is 0.478. The number of carbonyl (C=O) groups excluding carboxylic acids is 1. The lowest BCUT2D eigenvalue weighted by Gasteiger charge is -2.29. The lowest BCUT2D eigenvalue weighted by atomic mass is 9.77. The van der Waals surface area contributed by atoms with Crippen molar-refractivity contribution in [1.29, 1.82) is 0 Å². The maximum absolute atomic E-state index is 12.9. The zero-order valence-electron chi connectivity index (χ0n) is 15.3. The topological polar surface area (TPSA) is 55.2 Å². The number of likely N-dealkylation sites (tertiary alicyclic amines) is 1. The maximum Gasteiger partial charge on any atom is 0.279 e. The van der Waals surface area contributed by atoms with E-state index in [1.807, 2.05) is 18.7 Å². The summed E-state index contributed by atoms with van der Waals surface area (Å²) in [7, 11) is 1.60. The first-order valence-corrected chi connectivity index (χ1v) is 8.46. The van der Waals surface area contributed by atoms with Gasteiger partial charge in [-0.05, 0) is 50.0 Å². The Hall–Kier alpha value is -1.65. The minimum absolute atomic E-state index is 0.136. The van der Waals surface area contributed by atoms with E-state index >= 15 is 0 Å². The normalized spacial score (nSPS) is 19.6. The molecule has 2 rings (SSSR count). The number of hydrogen-bond acceptors (Lipinski definition) is 3. The molecular formula is C18H29N3O2. The number of aromatic nitrogens is 2. The van der Waals surface area contributed by atoms with Crippen molar-refractivity contribution in [1.82, 2.24) is 14.7 Å². The van der Waals surface area contributed by atoms with Gasteiger partial charge in [-0.2, -0.15) is 5.10 Å². The molecule has 5 nitrogen and oxygen atoms in total. The summed E-state index contributed by atoms with van der Waals surface area (Å²) < 4.78 is 1.27. The molecular weight excluding hydrogens is 290 g/mol. The second-order valence-corrected chi connectivity index (χ2v) is 7.80. The average molecular weight is 319 g/mol. The Labute approximate surface area is 138 Å². The molecule has 0 aliphatic carbocycles. The highest BCUT2D eigenvalue weighted by molar-refractivity contribution is 5.95. The molecule has 1 aliphatic heterocycles. The van der Waals surface area contributed by atoms with E-state index in [9.17, 15) is 9.59 Å². The van der Waals surface area contributed by atoms with Crippen LogP contribution in [0.3, 0.4) is 0 Å². The standard InChI is InChI=1S/C18H29N3O2/c1-12-13(2)19-20(6)16(22)15(12)17(23)21-10-7-8-14(9-11-21)18(3,4)5/h14H,7-11H2,1-6H3/t14-/m0/s1. The molecule has 1 fully saturated rings. The second kappa shape index (κ2) is 6.46. The van der Waals surface area contributed by atoms with E-state index in [1.54, 1.807) is 7.05 Å². The van der Waals surface area contributed by atoms with Gasteiger partial charge in [0.1, 0.15) is 5.56 Å². The maximum atomic E-state index is 12.9. The van der Waals surface area contributed by atoms with Crippen molar-refractivity contribution >= 4 is 5.91 Å². The molecule has 0 bridgehead atoms. The molecule has 0 N–H and O–H groups in total. The number of carbonyl (C=O) groups is 1. The van der Waals surface area contributed by atoms with Crippen molar-refractivity contribution in [3.8, 4) is 0 Å². The summed E-state index contributed by atoms with van der Waals surface area (Å²) in [4.78, 5) is 27.2. The van der Waals surface area contributed by atoms with Crippen molar-refractivity contribution < 1.29 is 4.79 Å². The van der Waals surface area contributed by atoms with Crippen LogP contribution in [-0.4, -0.2) is 33.7 Å². The third kappa shape index (κ3) is 3.65. The van der Waals surface area contributed by atoms with Crippen molar-refractivity contribution in [2.24, 2.45) is 18.4 Å². The third-order valence-electron chi connectivity index (χ3n) is 5.18. The van der Waals surface area contributed by atoms with E-state index in [2.05, 4.69) is 25.9 Å². The van der Waals surface area contributed by atoms with Crippen molar-refractivity contribution in [2.45, 2.75) is 53.9 Å². The van der Waals surface area contributed by atoms with Gasteiger partial charge in [0.25, 0.3) is 11.5 Å². The van der Waals surface area contributed by atoms with Gasteiger partial charge in [0.05, 0.1) is 5.69 Å². The van der Waals surface area contributed by atoms with Crippen LogP contribution in [0, 0.1) is 25.2 Å². The Kier molecular flexibility index (Phi) is 4.97. The van der Waals surface area contributed by atoms with Gasteiger partial charge >= 0.3 is 0 Å². The Bertz CT molecular complexity index is 655. The van der Waals surface area contributed by atoms with Gasteiger partial charge in [-0.25, -0.2) is 4.68 Å². The van der Waals surface area contributed by atoms with Gasteiger partial charge in [0, 0.05) is 20.1 Å². The summed E-state index contributed by atoms with van der Waals surface area (Å²) in [6.45, 7) is 11.9. The minimum atomic E-state index is -0.297. The van der Waals surface area contributed by atoms with Crippen molar-refractivity contribution in [3.63, 3.8) is 0 Å². The fraction of sp³-hybridized carbons (Fsp3) is 0.722. The van der Waals surface area contributed by atoms with Crippen LogP contribution in [0.5, 0.6) is 0 Å². The SMILES string of the molecule is Cc1nn(C)c(=O)c(C(=O)N2CCC[C@H](C(C)(C)C)CC2)c1C. The lowest BCUT2D eigenvalue weighted by molar-refractivity contribution is 0.0752. The van der Waals surface area contributed by atoms with Gasteiger partial charge in [-0.15, -0.1) is 0 Å². The van der Waals surface area contributed by atoms with Crippen LogP contribution >= 0.6 is 0 Å². The molecule has 23 heavy (non-hydrogen) atoms. The molecule has 1 amide bonds. The van der Waals surface area contributed by atoms with Gasteiger partial charge in [-0.3, -0.25) is 9.59 Å². The van der Waals surface area contributed by atoms with Crippen LogP contribution in [0.15, 0.2) is 4.79 Å². The Morgan fingerprint density at radius 1 is 1.17 bits per heavy atom. The van der Waals surface area contributed by atoms with Gasteiger partial charge in [0.2, 0.25) is 0 Å². The van der Waals surface area contributed by atoms with Crippen LogP contribution in [0.1, 0.15) is 61.6 Å². The molecule has 1 aliphatic rings. The molecule has 1 aromatic rings. The molecule has 0 saturated carbocycles. The predicted octanol–water partition coefficient (Wildman–Crippen LogP) is 2.69. The van der Waals surface area contributed by atoms with E-state index in [0.29, 0.717) is 11.5 Å². The zero-order chi connectivity index (χ0) is 17.4. The first kappa shape index (κ1) is 17.7. The van der Waals surface area contributed by atoms with Crippen LogP contribution in [-0.2, 0) is 7.05 Å². The van der Waals surface area contributed by atoms with Crippen LogP contribution in [0.25, 0.3) is 0 Å². The van der Waals surface area contributed by atoms with Crippen LogP contribution in [0.4, 0.5) is 0 Å². The van der Waals surface area contributed by atoms with Crippen LogP contribution in [0.2, 0.25) is 0 Å². The van der Waals surface area contributed by atoms with E-state index in [4.69, 9.17) is 0 Å². The number of aryl methyl sites for hydroxylation is 2. The summed E-state index contributed by atoms with van der Waals surface area (Å²) in [5.41, 5.74) is 1.69. The van der Waals surface area contributed by atoms with E-state index in [1.165, 1.54) is 4.68 Å². The number of amides is 1. The monoisotopic (exact) mass is 319 g/mol. The highest BCUT2D eigenvalue weighted by Crippen LogP contribution is 2.34. The number of nitrogens with zero attached hydrogens (tertiary/aromatic N) is 3. The van der Waals surface area contributed by atoms with Gasteiger partial charge in [0.15, 0.2) is 0 Å². The molecule has 0 radical (unpaired) electrons. The highest BCUT2D eigenvalue weighted by Gasteiger charge is 2.30. The highest BCUT2D eigenvalue weighted by atomic mass is 16.2. The first-order valence-electron chi connectivity index (χ1n) is 8.46. The summed E-state index contributed by atoms with van der Waals surface area (Å²) in [6, 6.07) is 0. The summed E-state index contributed by atoms with van der Waals surface area (Å²) in [5, 5.41) is 4.16. The Morgan fingerprint density at radius 3 is 2.43 bits per heavy atom. The number of rotatable bonds is 1. The van der Waals surface area contributed by atoms with Gasteiger partial charge in [-0.1, -0.05) is 20.8 Å². The predicted molar refractivity (Wildman–Crippen MR) is 91.7 cm³/mol. The first-order chi connectivity index (χ1) is 10.6. The lowest BCUT2D eigenvalue weighted by Crippen LogP contribution is -2.39. The second-order valence-electron chi connectivity index (χ2n) is 7.80. The van der Waals surface area contributed by atoms with E-state index < -0.39 is 0 Å². The molecule has 1 aromatic heterocycles. The van der Waals surface area contributed by atoms with E-state index in [0.717, 1.165) is 38.0 Å². The molecule has 1 saturated heterocycles. The Morgan fingerprint density at radius 2 is 1.83 bits per heavy atom. The number of hydrogen-bond donors (Lipinski definition) is 0. The zero-order valence-corrected chi connectivity index (χ0v) is 15.3. The molecule has 0 aromatic carbocycles. The van der Waals surface area contributed by atoms with Crippen molar-refractivity contribution in [3.05, 3.63) is 27.2 Å². The molecule has 1 atom stereocenters. The minimum Gasteiger partial charge on any atom is -0.338 e. The quantitative estimate of drug-likeness (QED) is 0.799. The average Bonchev–Trinajstić information content (AvgIpc) is 2.71. The molecule has 0 spiro atoms. The summed E-state index contributed by atoms with van der Waals surface area (Å²) in [6.07, 6.45) is 3.13. The molecule has 128 valence electrons. The fourth-order valence-electron chi connectivity index (χ4n) is 3.42. The summed E-state index contributed by atoms with van der Waals surface area (Å²) >= 11 is 0.